The fourth-order valence-electron chi connectivity index (χ4n) is 4.63. The second-order valence-electron chi connectivity index (χ2n) is 9.38. The van der Waals surface area contributed by atoms with E-state index < -0.39 is 29.7 Å². The number of tetrazole rings is 1. The molecule has 214 valence electrons. The topological polar surface area (TPSA) is 140 Å². The Labute approximate surface area is 245 Å². The number of halogens is 1. The minimum atomic E-state index is -0.992. The van der Waals surface area contributed by atoms with E-state index in [4.69, 9.17) is 16.3 Å². The summed E-state index contributed by atoms with van der Waals surface area (Å²) >= 11 is 6.24. The number of anilines is 2. The van der Waals surface area contributed by atoms with Crippen molar-refractivity contribution in [3.8, 4) is 5.69 Å². The number of carbonyl (C=O) groups is 4. The zero-order valence-corrected chi connectivity index (χ0v) is 23.3. The Kier molecular flexibility index (Phi) is 8.53. The van der Waals surface area contributed by atoms with E-state index in [0.29, 0.717) is 27.6 Å². The van der Waals surface area contributed by atoms with Crippen LogP contribution >= 0.6 is 11.6 Å². The highest BCUT2D eigenvalue weighted by Gasteiger charge is 2.39. The van der Waals surface area contributed by atoms with E-state index >= 15 is 0 Å². The third-order valence-corrected chi connectivity index (χ3v) is 6.89. The standard InChI is InChI=1S/C29H26ClN7O5/c1-2-42-29(41)20-8-11-22(12-9-20)32-28(40)25(14-19-6-4-3-5-7-19)36-17-26(38)35(16-27(36)39)24-15-21(30)10-13-23(24)37-18-31-33-34-37/h3-13,15,18,25H,2,14,16-17H2,1H3,(H,32,40). The van der Waals surface area contributed by atoms with Crippen LogP contribution in [0.2, 0.25) is 5.02 Å². The molecule has 42 heavy (non-hydrogen) atoms. The second kappa shape index (κ2) is 12.6. The summed E-state index contributed by atoms with van der Waals surface area (Å²) in [6.07, 6.45) is 1.55. The van der Waals surface area contributed by atoms with E-state index in [1.54, 1.807) is 49.4 Å². The van der Waals surface area contributed by atoms with Crippen molar-refractivity contribution in [3.63, 3.8) is 0 Å². The Bertz CT molecular complexity index is 1600. The average molecular weight is 588 g/mol. The molecule has 1 aliphatic rings. The highest BCUT2D eigenvalue weighted by molar-refractivity contribution is 6.31. The smallest absolute Gasteiger partial charge is 0.338 e. The first-order valence-corrected chi connectivity index (χ1v) is 13.5. The van der Waals surface area contributed by atoms with Crippen LogP contribution in [-0.2, 0) is 25.5 Å². The fraction of sp³-hybridized carbons (Fsp3) is 0.207. The highest BCUT2D eigenvalue weighted by atomic mass is 35.5. The van der Waals surface area contributed by atoms with Crippen molar-refractivity contribution in [1.82, 2.24) is 25.1 Å². The van der Waals surface area contributed by atoms with Crippen molar-refractivity contribution in [1.29, 1.82) is 0 Å². The van der Waals surface area contributed by atoms with Gasteiger partial charge in [0.25, 0.3) is 0 Å². The van der Waals surface area contributed by atoms with Gasteiger partial charge in [-0.05, 0) is 65.4 Å². The first-order valence-electron chi connectivity index (χ1n) is 13.1. The number of carbonyl (C=O) groups excluding carboxylic acids is 4. The molecular weight excluding hydrogens is 562 g/mol. The van der Waals surface area contributed by atoms with E-state index in [2.05, 4.69) is 20.8 Å². The van der Waals surface area contributed by atoms with Gasteiger partial charge in [-0.1, -0.05) is 41.9 Å². The van der Waals surface area contributed by atoms with Gasteiger partial charge >= 0.3 is 5.97 Å². The van der Waals surface area contributed by atoms with Crippen molar-refractivity contribution in [2.75, 3.05) is 29.9 Å². The lowest BCUT2D eigenvalue weighted by atomic mass is 10.0. The third-order valence-electron chi connectivity index (χ3n) is 6.66. The molecule has 5 rings (SSSR count). The molecule has 1 aliphatic heterocycles. The average Bonchev–Trinajstić information content (AvgIpc) is 3.53. The van der Waals surface area contributed by atoms with E-state index in [1.807, 2.05) is 30.3 Å². The summed E-state index contributed by atoms with van der Waals surface area (Å²) in [7, 11) is 0. The molecule has 1 unspecified atom stereocenters. The van der Waals surface area contributed by atoms with Crippen molar-refractivity contribution in [2.45, 2.75) is 19.4 Å². The van der Waals surface area contributed by atoms with Gasteiger partial charge in [-0.25, -0.2) is 4.79 Å². The molecular formula is C29H26ClN7O5. The summed E-state index contributed by atoms with van der Waals surface area (Å²) in [6.45, 7) is 1.30. The van der Waals surface area contributed by atoms with Gasteiger partial charge in [0.05, 0.1) is 23.5 Å². The van der Waals surface area contributed by atoms with Crippen LogP contribution in [0.15, 0.2) is 79.1 Å². The largest absolute Gasteiger partial charge is 0.462 e. The van der Waals surface area contributed by atoms with Crippen LogP contribution < -0.4 is 10.2 Å². The number of hydrogen-bond donors (Lipinski definition) is 1. The maximum atomic E-state index is 13.6. The quantitative estimate of drug-likeness (QED) is 0.295. The monoisotopic (exact) mass is 587 g/mol. The Morgan fingerprint density at radius 3 is 2.43 bits per heavy atom. The zero-order valence-electron chi connectivity index (χ0n) is 22.5. The SMILES string of the molecule is CCOC(=O)c1ccc(NC(=O)C(Cc2ccccc2)N2CC(=O)N(c3cc(Cl)ccc3-n3cnnn3)CC2=O)cc1. The summed E-state index contributed by atoms with van der Waals surface area (Å²) in [5.74, 6) is -1.78. The highest BCUT2D eigenvalue weighted by Crippen LogP contribution is 2.30. The number of nitrogens with zero attached hydrogens (tertiary/aromatic N) is 6. The van der Waals surface area contributed by atoms with E-state index in [-0.39, 0.29) is 26.1 Å². The molecule has 4 aromatic rings. The molecule has 0 bridgehead atoms. The number of rotatable bonds is 9. The number of piperazine rings is 1. The number of benzene rings is 3. The van der Waals surface area contributed by atoms with Gasteiger partial charge < -0.3 is 15.0 Å². The van der Waals surface area contributed by atoms with Crippen LogP contribution in [-0.4, -0.2) is 74.5 Å². The van der Waals surface area contributed by atoms with Gasteiger partial charge in [0.1, 0.15) is 25.5 Å². The van der Waals surface area contributed by atoms with Crippen molar-refractivity contribution >= 4 is 46.7 Å². The summed E-state index contributed by atoms with van der Waals surface area (Å²) in [5, 5.41) is 14.4. The van der Waals surface area contributed by atoms with Gasteiger partial charge in [-0.3, -0.25) is 19.3 Å². The molecule has 13 heteroatoms. The van der Waals surface area contributed by atoms with E-state index in [9.17, 15) is 19.2 Å². The maximum Gasteiger partial charge on any atom is 0.338 e. The minimum absolute atomic E-state index is 0.180. The van der Waals surface area contributed by atoms with Gasteiger partial charge in [-0.2, -0.15) is 4.68 Å². The number of hydrogen-bond acceptors (Lipinski definition) is 8. The molecule has 1 N–H and O–H groups in total. The molecule has 2 heterocycles. The van der Waals surface area contributed by atoms with Crippen molar-refractivity contribution in [2.24, 2.45) is 0 Å². The lowest BCUT2D eigenvalue weighted by Crippen LogP contribution is -2.60. The number of aromatic nitrogens is 4. The molecule has 3 aromatic carbocycles. The van der Waals surface area contributed by atoms with Gasteiger partial charge in [-0.15, -0.1) is 5.10 Å². The van der Waals surface area contributed by atoms with Crippen molar-refractivity contribution in [3.05, 3.63) is 95.3 Å². The first kappa shape index (κ1) is 28.4. The van der Waals surface area contributed by atoms with Crippen molar-refractivity contribution < 1.29 is 23.9 Å². The molecule has 0 aliphatic carbocycles. The summed E-state index contributed by atoms with van der Waals surface area (Å²) in [6, 6.07) is 19.3. The summed E-state index contributed by atoms with van der Waals surface area (Å²) in [4.78, 5) is 55.3. The maximum absolute atomic E-state index is 13.6. The number of amides is 3. The van der Waals surface area contributed by atoms with Gasteiger partial charge in [0.15, 0.2) is 0 Å². The second-order valence-corrected chi connectivity index (χ2v) is 9.82. The van der Waals surface area contributed by atoms with Crippen LogP contribution in [0.5, 0.6) is 0 Å². The molecule has 12 nitrogen and oxygen atoms in total. The summed E-state index contributed by atoms with van der Waals surface area (Å²) in [5.41, 5.74) is 2.40. The van der Waals surface area contributed by atoms with E-state index in [1.165, 1.54) is 20.8 Å². The summed E-state index contributed by atoms with van der Waals surface area (Å²) < 4.78 is 6.38. The lowest BCUT2D eigenvalue weighted by molar-refractivity contribution is -0.143. The normalized spacial score (nSPS) is 14.0. The Hall–Kier alpha value is -5.10. The molecule has 0 saturated carbocycles. The fourth-order valence-corrected chi connectivity index (χ4v) is 4.79. The van der Waals surface area contributed by atoms with Crippen LogP contribution in [0.1, 0.15) is 22.8 Å². The van der Waals surface area contributed by atoms with Crippen LogP contribution in [0.4, 0.5) is 11.4 Å². The number of ether oxygens (including phenoxy) is 1. The predicted molar refractivity (Wildman–Crippen MR) is 153 cm³/mol. The molecule has 0 spiro atoms. The molecule has 1 saturated heterocycles. The molecule has 0 radical (unpaired) electrons. The molecule has 1 aromatic heterocycles. The number of nitrogens with one attached hydrogen (secondary N) is 1. The van der Waals surface area contributed by atoms with Crippen LogP contribution in [0, 0.1) is 0 Å². The zero-order chi connectivity index (χ0) is 29.6. The van der Waals surface area contributed by atoms with Gasteiger partial charge in [0, 0.05) is 17.1 Å². The Balaban J connectivity index is 1.39. The lowest BCUT2D eigenvalue weighted by Gasteiger charge is -2.38. The minimum Gasteiger partial charge on any atom is -0.462 e. The Morgan fingerprint density at radius 1 is 0.976 bits per heavy atom. The van der Waals surface area contributed by atoms with Crippen LogP contribution in [0.25, 0.3) is 5.69 Å². The Morgan fingerprint density at radius 2 is 1.74 bits per heavy atom. The predicted octanol–water partition coefficient (Wildman–Crippen LogP) is 2.92. The molecule has 3 amide bonds. The molecule has 1 fully saturated rings. The van der Waals surface area contributed by atoms with E-state index in [0.717, 1.165) is 5.56 Å². The first-order chi connectivity index (χ1) is 20.3. The van der Waals surface area contributed by atoms with Crippen LogP contribution in [0.3, 0.4) is 0 Å². The number of esters is 1. The van der Waals surface area contributed by atoms with Gasteiger partial charge in [0.2, 0.25) is 17.7 Å². The third kappa shape index (κ3) is 6.28. The molecule has 1 atom stereocenters.